The summed E-state index contributed by atoms with van der Waals surface area (Å²) in [6.07, 6.45) is 11.2. The number of hydrogen-bond acceptors (Lipinski definition) is 2. The van der Waals surface area contributed by atoms with Crippen LogP contribution in [0.25, 0.3) is 0 Å². The normalized spacial score (nSPS) is 44.2. The van der Waals surface area contributed by atoms with Crippen LogP contribution < -0.4 is 5.73 Å². The third-order valence-electron chi connectivity index (χ3n) is 6.09. The second-order valence-corrected chi connectivity index (χ2v) is 8.44. The first kappa shape index (κ1) is 13.9. The molecule has 4 unspecified atom stereocenters. The summed E-state index contributed by atoms with van der Waals surface area (Å²) in [6, 6.07) is 0.411. The molecule has 3 aliphatic rings. The smallest absolute Gasteiger partial charge is 0.0664 e. The van der Waals surface area contributed by atoms with Crippen molar-refractivity contribution in [1.29, 1.82) is 0 Å². The van der Waals surface area contributed by atoms with Crippen molar-refractivity contribution in [3.05, 3.63) is 0 Å². The highest BCUT2D eigenvalue weighted by molar-refractivity contribution is 5.09. The first-order valence-electron chi connectivity index (χ1n) is 8.32. The maximum absolute atomic E-state index is 6.56. The van der Waals surface area contributed by atoms with Crippen molar-refractivity contribution in [1.82, 2.24) is 0 Å². The van der Waals surface area contributed by atoms with Gasteiger partial charge in [-0.3, -0.25) is 0 Å². The average Bonchev–Trinajstić information content (AvgIpc) is 2.77. The molecule has 0 aliphatic heterocycles. The molecule has 2 heteroatoms. The summed E-state index contributed by atoms with van der Waals surface area (Å²) in [7, 11) is 0. The molecular formula is C17H31NO. The minimum absolute atomic E-state index is 0.366. The Labute approximate surface area is 118 Å². The molecule has 0 radical (unpaired) electrons. The van der Waals surface area contributed by atoms with E-state index in [1.807, 2.05) is 0 Å². The maximum atomic E-state index is 6.56. The van der Waals surface area contributed by atoms with E-state index < -0.39 is 0 Å². The Kier molecular flexibility index (Phi) is 3.46. The molecule has 0 aromatic rings. The van der Waals surface area contributed by atoms with E-state index in [-0.39, 0.29) is 0 Å². The van der Waals surface area contributed by atoms with Gasteiger partial charge in [0.1, 0.15) is 0 Å². The van der Waals surface area contributed by atoms with E-state index in [4.69, 9.17) is 10.5 Å². The molecule has 0 heterocycles. The highest BCUT2D eigenvalue weighted by Crippen LogP contribution is 2.55. The monoisotopic (exact) mass is 265 g/mol. The molecule has 110 valence electrons. The molecule has 2 nitrogen and oxygen atoms in total. The van der Waals surface area contributed by atoms with E-state index >= 15 is 0 Å². The average molecular weight is 265 g/mol. The molecular weight excluding hydrogens is 234 g/mol. The van der Waals surface area contributed by atoms with Crippen LogP contribution in [-0.4, -0.2) is 18.2 Å². The fraction of sp³-hybridized carbons (Fsp3) is 1.00. The third kappa shape index (κ3) is 2.47. The summed E-state index contributed by atoms with van der Waals surface area (Å²) in [6.45, 7) is 7.18. The van der Waals surface area contributed by atoms with Gasteiger partial charge in [0.05, 0.1) is 12.2 Å². The fourth-order valence-corrected chi connectivity index (χ4v) is 5.29. The van der Waals surface area contributed by atoms with E-state index in [0.29, 0.717) is 29.1 Å². The van der Waals surface area contributed by atoms with Crippen LogP contribution >= 0.6 is 0 Å². The SMILES string of the molecule is CC1CC(OC2CC(N)C23CCCC3)CC(C)(C)C1. The molecule has 0 aromatic heterocycles. The van der Waals surface area contributed by atoms with Crippen molar-refractivity contribution in [3.8, 4) is 0 Å². The van der Waals surface area contributed by atoms with Gasteiger partial charge in [-0.15, -0.1) is 0 Å². The Morgan fingerprint density at radius 3 is 2.32 bits per heavy atom. The second-order valence-electron chi connectivity index (χ2n) is 8.44. The number of rotatable bonds is 2. The Morgan fingerprint density at radius 1 is 1.05 bits per heavy atom. The Hall–Kier alpha value is -0.0800. The molecule has 3 saturated carbocycles. The van der Waals surface area contributed by atoms with Crippen LogP contribution in [0.4, 0.5) is 0 Å². The zero-order valence-electron chi connectivity index (χ0n) is 13.0. The summed E-state index contributed by atoms with van der Waals surface area (Å²) in [4.78, 5) is 0. The summed E-state index contributed by atoms with van der Waals surface area (Å²) < 4.78 is 6.56. The van der Waals surface area contributed by atoms with Gasteiger partial charge >= 0.3 is 0 Å². The van der Waals surface area contributed by atoms with E-state index in [9.17, 15) is 0 Å². The van der Waals surface area contributed by atoms with Crippen molar-refractivity contribution in [2.75, 3.05) is 0 Å². The van der Waals surface area contributed by atoms with Crippen LogP contribution in [0.3, 0.4) is 0 Å². The van der Waals surface area contributed by atoms with Gasteiger partial charge in [0.25, 0.3) is 0 Å². The Bertz CT molecular complexity index is 332. The van der Waals surface area contributed by atoms with Crippen molar-refractivity contribution >= 4 is 0 Å². The molecule has 0 aromatic carbocycles. The summed E-state index contributed by atoms with van der Waals surface area (Å²) in [5.74, 6) is 0.807. The lowest BCUT2D eigenvalue weighted by Crippen LogP contribution is -2.62. The molecule has 19 heavy (non-hydrogen) atoms. The van der Waals surface area contributed by atoms with Crippen LogP contribution in [0.2, 0.25) is 0 Å². The molecule has 4 atom stereocenters. The second kappa shape index (κ2) is 4.73. The highest BCUT2D eigenvalue weighted by Gasteiger charge is 2.56. The topological polar surface area (TPSA) is 35.2 Å². The standard InChI is InChI=1S/C17H31NO/c1-12-8-13(11-16(2,3)10-12)19-15-9-14(18)17(15)6-4-5-7-17/h12-15H,4-11,18H2,1-3H3. The molecule has 0 saturated heterocycles. The van der Waals surface area contributed by atoms with Crippen LogP contribution in [0, 0.1) is 16.7 Å². The van der Waals surface area contributed by atoms with Gasteiger partial charge in [-0.2, -0.15) is 0 Å². The Morgan fingerprint density at radius 2 is 1.74 bits per heavy atom. The van der Waals surface area contributed by atoms with Gasteiger partial charge in [-0.25, -0.2) is 0 Å². The van der Waals surface area contributed by atoms with Crippen molar-refractivity contribution in [2.45, 2.75) is 90.4 Å². The van der Waals surface area contributed by atoms with E-state index in [2.05, 4.69) is 20.8 Å². The van der Waals surface area contributed by atoms with Crippen molar-refractivity contribution < 1.29 is 4.74 Å². The van der Waals surface area contributed by atoms with Crippen molar-refractivity contribution in [3.63, 3.8) is 0 Å². The Balaban J connectivity index is 1.62. The van der Waals surface area contributed by atoms with Gasteiger partial charge in [0.15, 0.2) is 0 Å². The summed E-state index contributed by atoms with van der Waals surface area (Å²) >= 11 is 0. The summed E-state index contributed by atoms with van der Waals surface area (Å²) in [5, 5.41) is 0. The van der Waals surface area contributed by atoms with E-state index in [1.165, 1.54) is 44.9 Å². The lowest BCUT2D eigenvalue weighted by Gasteiger charge is -2.54. The first-order valence-corrected chi connectivity index (χ1v) is 8.32. The quantitative estimate of drug-likeness (QED) is 0.822. The highest BCUT2D eigenvalue weighted by atomic mass is 16.5. The molecule has 0 amide bonds. The lowest BCUT2D eigenvalue weighted by molar-refractivity contribution is -0.170. The van der Waals surface area contributed by atoms with Crippen molar-refractivity contribution in [2.24, 2.45) is 22.5 Å². The van der Waals surface area contributed by atoms with Crippen LogP contribution in [0.15, 0.2) is 0 Å². The van der Waals surface area contributed by atoms with Crippen LogP contribution in [0.1, 0.15) is 72.1 Å². The zero-order chi connectivity index (χ0) is 13.7. The number of hydrogen-bond donors (Lipinski definition) is 1. The van der Waals surface area contributed by atoms with Gasteiger partial charge in [-0.05, 0) is 49.9 Å². The van der Waals surface area contributed by atoms with Crippen LogP contribution in [-0.2, 0) is 4.74 Å². The van der Waals surface area contributed by atoms with Gasteiger partial charge in [-0.1, -0.05) is 33.6 Å². The fourth-order valence-electron chi connectivity index (χ4n) is 5.29. The molecule has 0 bridgehead atoms. The van der Waals surface area contributed by atoms with Gasteiger partial charge in [0, 0.05) is 11.5 Å². The molecule has 3 fully saturated rings. The third-order valence-corrected chi connectivity index (χ3v) is 6.09. The number of nitrogens with two attached hydrogens (primary N) is 1. The predicted octanol–water partition coefficient (Wildman–Crippen LogP) is 3.88. The molecule has 3 rings (SSSR count). The van der Waals surface area contributed by atoms with Gasteiger partial charge < -0.3 is 10.5 Å². The largest absolute Gasteiger partial charge is 0.374 e. The van der Waals surface area contributed by atoms with E-state index in [0.717, 1.165) is 12.3 Å². The van der Waals surface area contributed by atoms with Gasteiger partial charge in [0.2, 0.25) is 0 Å². The lowest BCUT2D eigenvalue weighted by atomic mass is 9.60. The summed E-state index contributed by atoms with van der Waals surface area (Å²) in [5.41, 5.74) is 7.14. The molecule has 3 aliphatic carbocycles. The number of ether oxygens (including phenoxy) is 1. The van der Waals surface area contributed by atoms with E-state index in [1.54, 1.807) is 0 Å². The minimum Gasteiger partial charge on any atom is -0.374 e. The minimum atomic E-state index is 0.366. The molecule has 2 N–H and O–H groups in total. The maximum Gasteiger partial charge on any atom is 0.0664 e. The first-order chi connectivity index (χ1) is 8.91. The predicted molar refractivity (Wildman–Crippen MR) is 79.0 cm³/mol. The van der Waals surface area contributed by atoms with Crippen LogP contribution in [0.5, 0.6) is 0 Å². The zero-order valence-corrected chi connectivity index (χ0v) is 13.0. The molecule has 1 spiro atoms.